The van der Waals surface area contributed by atoms with E-state index in [0.29, 0.717) is 42.6 Å². The second-order valence-corrected chi connectivity index (χ2v) is 16.2. The fourth-order valence-electron chi connectivity index (χ4n) is 7.89. The molecule has 7 rings (SSSR count). The van der Waals surface area contributed by atoms with Crippen LogP contribution in [0.25, 0.3) is 5.69 Å². The van der Waals surface area contributed by atoms with E-state index in [1.54, 1.807) is 20.2 Å². The Morgan fingerprint density at radius 3 is 2.24 bits per heavy atom. The van der Waals surface area contributed by atoms with Crippen LogP contribution in [0, 0.1) is 17.6 Å². The van der Waals surface area contributed by atoms with Gasteiger partial charge in [-0.05, 0) is 86.1 Å². The number of halogens is 3. The number of hydrogen-bond acceptors (Lipinski definition) is 12. The molecule has 1 unspecified atom stereocenters. The highest BCUT2D eigenvalue weighted by Gasteiger charge is 2.46. The second-order valence-electron chi connectivity index (χ2n) is 15.3. The van der Waals surface area contributed by atoms with Crippen LogP contribution in [0.1, 0.15) is 51.4 Å². The average molecular weight is 899 g/mol. The van der Waals surface area contributed by atoms with Crippen molar-refractivity contribution in [2.24, 2.45) is 5.92 Å². The first-order valence-electron chi connectivity index (χ1n) is 20.1. The van der Waals surface area contributed by atoms with Crippen LogP contribution < -0.4 is 37.2 Å². The summed E-state index contributed by atoms with van der Waals surface area (Å²) >= 11 is 0.529. The van der Waals surface area contributed by atoms with E-state index in [2.05, 4.69) is 20.0 Å². The number of aliphatic carboxylic acids is 1. The van der Waals surface area contributed by atoms with Gasteiger partial charge in [0.25, 0.3) is 6.33 Å². The Hall–Kier alpha value is -5.50. The number of thioether (sulfide) groups is 1. The third-order valence-corrected chi connectivity index (χ3v) is 11.8. The molecule has 3 aromatic carbocycles. The molecule has 2 aromatic heterocycles. The Balaban J connectivity index is 0.00000641. The number of hydrogen-bond donors (Lipinski definition) is 2. The summed E-state index contributed by atoms with van der Waals surface area (Å²) < 4.78 is 53.1. The fourth-order valence-corrected chi connectivity index (χ4v) is 8.34. The maximum Gasteiger partial charge on any atom is 0.370 e. The molecule has 16 nitrogen and oxygen atoms in total. The number of carbonyl (C=O) groups excluding carboxylic acids is 1. The van der Waals surface area contributed by atoms with Crippen molar-refractivity contribution in [1.29, 1.82) is 0 Å². The van der Waals surface area contributed by atoms with E-state index in [0.717, 1.165) is 43.6 Å². The van der Waals surface area contributed by atoms with Gasteiger partial charge in [-0.25, -0.2) is 27.6 Å². The lowest BCUT2D eigenvalue weighted by Gasteiger charge is -2.37. The number of benzene rings is 3. The highest BCUT2D eigenvalue weighted by molar-refractivity contribution is 8.13. The van der Waals surface area contributed by atoms with Crippen molar-refractivity contribution in [2.45, 2.75) is 64.1 Å². The number of aromatic nitrogens is 6. The number of carboxylic acids is 1. The van der Waals surface area contributed by atoms with Gasteiger partial charge in [-0.15, -0.1) is 4.68 Å². The monoisotopic (exact) mass is 898 g/mol. The van der Waals surface area contributed by atoms with E-state index in [1.165, 1.54) is 43.3 Å². The van der Waals surface area contributed by atoms with Crippen LogP contribution in [-0.4, -0.2) is 96.9 Å². The lowest BCUT2D eigenvalue weighted by atomic mass is 9.87. The molecule has 2 N–H and O–H groups in total. The van der Waals surface area contributed by atoms with Crippen molar-refractivity contribution in [3.8, 4) is 11.4 Å². The van der Waals surface area contributed by atoms with Gasteiger partial charge in [0.2, 0.25) is 12.6 Å². The maximum absolute atomic E-state index is 15.4. The lowest BCUT2D eigenvalue weighted by Crippen LogP contribution is -3.00. The number of rotatable bonds is 16. The molecule has 62 heavy (non-hydrogen) atoms. The summed E-state index contributed by atoms with van der Waals surface area (Å²) in [7, 11) is 0. The van der Waals surface area contributed by atoms with Gasteiger partial charge in [0.1, 0.15) is 41.6 Å². The third kappa shape index (κ3) is 10.6. The topological polar surface area (TPSA) is 170 Å². The van der Waals surface area contributed by atoms with Crippen molar-refractivity contribution < 1.29 is 59.8 Å². The number of piperazine rings is 1. The first kappa shape index (κ1) is 46.0. The highest BCUT2D eigenvalue weighted by Crippen LogP contribution is 2.42. The van der Waals surface area contributed by atoms with E-state index in [-0.39, 0.29) is 48.8 Å². The molecule has 20 heteroatoms. The minimum absolute atomic E-state index is 0. The number of nitrogens with zero attached hydrogens (tertiary/aromatic N) is 8. The predicted octanol–water partition coefficient (Wildman–Crippen LogP) is 1.94. The second kappa shape index (κ2) is 20.1. The number of anilines is 2. The summed E-state index contributed by atoms with van der Waals surface area (Å²) in [6.07, 6.45) is 3.93. The van der Waals surface area contributed by atoms with E-state index in [4.69, 9.17) is 19.3 Å². The molecule has 2 aliphatic heterocycles. The fraction of sp³-hybridized carbons (Fsp3) is 0.429. The van der Waals surface area contributed by atoms with Crippen LogP contribution in [-0.2, 0) is 26.4 Å². The molecule has 0 radical (unpaired) electrons. The van der Waals surface area contributed by atoms with Gasteiger partial charge in [0, 0.05) is 67.1 Å². The van der Waals surface area contributed by atoms with Gasteiger partial charge >= 0.3 is 17.0 Å². The molecule has 2 fully saturated rings. The predicted molar refractivity (Wildman–Crippen MR) is 221 cm³/mol. The van der Waals surface area contributed by atoms with Crippen LogP contribution in [0.15, 0.2) is 90.5 Å². The van der Waals surface area contributed by atoms with Gasteiger partial charge < -0.3 is 46.6 Å². The van der Waals surface area contributed by atoms with Crippen LogP contribution in [0.3, 0.4) is 0 Å². The molecule has 5 atom stereocenters. The van der Waals surface area contributed by atoms with E-state index in [1.807, 2.05) is 55.5 Å². The molecule has 0 spiro atoms. The summed E-state index contributed by atoms with van der Waals surface area (Å²) in [5, 5.41) is 26.8. The highest BCUT2D eigenvalue weighted by atomic mass is 35.5. The zero-order valence-corrected chi connectivity index (χ0v) is 36.0. The minimum Gasteiger partial charge on any atom is -1.00 e. The largest absolute Gasteiger partial charge is 1.00 e. The van der Waals surface area contributed by atoms with Crippen molar-refractivity contribution in [3.05, 3.63) is 113 Å². The number of carbonyl (C=O) groups is 2. The number of aliphatic hydroxyl groups excluding tert-OH is 1. The summed E-state index contributed by atoms with van der Waals surface area (Å²) in [6.45, 7) is 9.00. The quantitative estimate of drug-likeness (QED) is 0.109. The van der Waals surface area contributed by atoms with Crippen LogP contribution in [0.2, 0.25) is 0 Å². The van der Waals surface area contributed by atoms with Crippen LogP contribution >= 0.6 is 11.8 Å². The van der Waals surface area contributed by atoms with Crippen LogP contribution in [0.5, 0.6) is 5.75 Å². The van der Waals surface area contributed by atoms with Gasteiger partial charge in [0.15, 0.2) is 0 Å². The van der Waals surface area contributed by atoms with Crippen molar-refractivity contribution in [2.75, 3.05) is 54.9 Å². The van der Waals surface area contributed by atoms with Gasteiger partial charge in [-0.2, -0.15) is 9.67 Å². The normalized spacial score (nSPS) is 19.1. The Bertz CT molecular complexity index is 2360. The van der Waals surface area contributed by atoms with E-state index >= 15 is 4.39 Å². The van der Waals surface area contributed by atoms with E-state index < -0.39 is 46.6 Å². The Kier molecular flexibility index (Phi) is 14.9. The molecular weight excluding hydrogens is 850 g/mol. The number of carboxylic acid groups (broad SMARTS) is 1. The SMILES string of the molecule is CC[C@@H]([C@H](C)O)n1ncn(-c2ccc(N3CCN(c4ccc(OC[C@@H]5CO[C@@](Cn6c[n+](C(C)OC(=O)SCC(=O)O)cn6)(c6ccc(F)cc6F)C5)cc4)CC3)cc2)c1=O.[Cl-]. The summed E-state index contributed by atoms with van der Waals surface area (Å²) in [5.41, 5.74) is 1.52. The van der Waals surface area contributed by atoms with Gasteiger partial charge in [-0.3, -0.25) is 4.79 Å². The molecule has 0 amide bonds. The smallest absolute Gasteiger partial charge is 0.370 e. The number of aliphatic hydroxyl groups is 1. The summed E-state index contributed by atoms with van der Waals surface area (Å²) in [5.74, 6) is -2.49. The first-order chi connectivity index (χ1) is 29.3. The standard InChI is InChI=1S/C42H48F2N8O8S.ClH/c1-4-38(28(2)53)52-40(56)51(26-46-52)34-8-6-32(7-9-34)47-15-17-48(18-16-47)33-10-12-35(13-11-33)58-21-30-20-42(59-22-30,36-14-5-31(43)19-37(36)44)24-50-27-49(25-45-50)29(3)60-41(57)61-23-39(54)55;/h5-14,19,25-30,38,53H,4,15-18,20-24H2,1-3H3;1H/t28-,29?,30+,38-,42-;/m0./s1. The molecule has 5 aromatic rings. The zero-order chi connectivity index (χ0) is 43.3. The Morgan fingerprint density at radius 2 is 1.63 bits per heavy atom. The minimum atomic E-state index is -1.21. The van der Waals surface area contributed by atoms with Gasteiger partial charge in [0.05, 0.1) is 31.0 Å². The molecule has 0 aliphatic carbocycles. The average Bonchev–Trinajstić information content (AvgIpc) is 3.99. The maximum atomic E-state index is 15.4. The number of ether oxygens (including phenoxy) is 3. The van der Waals surface area contributed by atoms with E-state index in [9.17, 15) is 23.9 Å². The molecular formula is C42H49ClF2N8O8S. The third-order valence-electron chi connectivity index (χ3n) is 11.1. The molecule has 0 bridgehead atoms. The molecule has 4 heterocycles. The van der Waals surface area contributed by atoms with Gasteiger partial charge in [-0.1, -0.05) is 13.0 Å². The molecule has 332 valence electrons. The first-order valence-corrected chi connectivity index (χ1v) is 21.1. The molecule has 2 saturated heterocycles. The molecule has 0 saturated carbocycles. The lowest BCUT2D eigenvalue weighted by molar-refractivity contribution is -0.753. The van der Waals surface area contributed by atoms with Crippen LogP contribution in [0.4, 0.5) is 25.0 Å². The Labute approximate surface area is 367 Å². The molecule has 2 aliphatic rings. The Morgan fingerprint density at radius 1 is 0.984 bits per heavy atom. The zero-order valence-electron chi connectivity index (χ0n) is 34.4. The van der Waals surface area contributed by atoms with Crippen molar-refractivity contribution in [1.82, 2.24) is 24.1 Å². The van der Waals surface area contributed by atoms with Crippen molar-refractivity contribution >= 4 is 34.4 Å². The van der Waals surface area contributed by atoms with Crippen molar-refractivity contribution in [3.63, 3.8) is 0 Å². The summed E-state index contributed by atoms with van der Waals surface area (Å²) in [6, 6.07) is 18.7. The summed E-state index contributed by atoms with van der Waals surface area (Å²) in [4.78, 5) is 40.5.